The van der Waals surface area contributed by atoms with E-state index < -0.39 is 17.7 Å². The molecule has 5 N–H and O–H groups in total. The van der Waals surface area contributed by atoms with Crippen molar-refractivity contribution in [2.75, 3.05) is 11.9 Å². The molecule has 1 aliphatic rings. The topological polar surface area (TPSA) is 180 Å². The Morgan fingerprint density at radius 2 is 1.67 bits per heavy atom. The summed E-state index contributed by atoms with van der Waals surface area (Å²) in [6, 6.07) is 20.4. The molecule has 3 aromatic carbocycles. The number of aromatic amines is 2. The average Bonchev–Trinajstić information content (AvgIpc) is 3.80. The van der Waals surface area contributed by atoms with Gasteiger partial charge in [0, 0.05) is 35.5 Å². The van der Waals surface area contributed by atoms with Gasteiger partial charge in [0.2, 0.25) is 17.6 Å². The van der Waals surface area contributed by atoms with Crippen molar-refractivity contribution in [3.63, 3.8) is 0 Å². The fourth-order valence-corrected chi connectivity index (χ4v) is 6.16. The number of fused-ring (bicyclic) bond motifs is 1. The number of alkyl carbamates (subject to hydrolysis) is 1. The fourth-order valence-electron chi connectivity index (χ4n) is 6.16. The molecule has 13 heteroatoms. The Hall–Kier alpha value is -5.59. The summed E-state index contributed by atoms with van der Waals surface area (Å²) in [5, 5.41) is 31.1. The van der Waals surface area contributed by atoms with Crippen molar-refractivity contribution in [1.29, 1.82) is 0 Å². The number of tetrazole rings is 1. The normalized spacial score (nSPS) is 16.9. The first-order chi connectivity index (χ1) is 23.6. The molecule has 49 heavy (non-hydrogen) atoms. The number of benzene rings is 3. The predicted octanol–water partition coefficient (Wildman–Crippen LogP) is 5.41. The van der Waals surface area contributed by atoms with E-state index in [1.807, 2.05) is 63.4 Å². The molecule has 3 amide bonds. The Morgan fingerprint density at radius 3 is 2.37 bits per heavy atom. The van der Waals surface area contributed by atoms with Crippen LogP contribution in [0.5, 0.6) is 0 Å². The van der Waals surface area contributed by atoms with E-state index in [1.54, 1.807) is 24.3 Å². The third-order valence-electron chi connectivity index (χ3n) is 8.73. The van der Waals surface area contributed by atoms with Crippen molar-refractivity contribution in [2.24, 2.45) is 11.8 Å². The summed E-state index contributed by atoms with van der Waals surface area (Å²) in [5.74, 6) is 0.0287. The molecule has 254 valence electrons. The van der Waals surface area contributed by atoms with Gasteiger partial charge in [-0.25, -0.2) is 4.79 Å². The molecule has 2 aromatic heterocycles. The van der Waals surface area contributed by atoms with Gasteiger partial charge in [-0.05, 0) is 105 Å². The fraction of sp³-hybridized carbons (Fsp3) is 0.361. The molecule has 0 spiro atoms. The van der Waals surface area contributed by atoms with Gasteiger partial charge in [-0.3, -0.25) is 14.7 Å². The van der Waals surface area contributed by atoms with Gasteiger partial charge in [-0.15, -0.1) is 10.2 Å². The van der Waals surface area contributed by atoms with Crippen molar-refractivity contribution >= 4 is 34.5 Å². The average molecular weight is 664 g/mol. The maximum absolute atomic E-state index is 13.7. The zero-order chi connectivity index (χ0) is 34.4. The van der Waals surface area contributed by atoms with Gasteiger partial charge < -0.3 is 20.7 Å². The Bertz CT molecular complexity index is 1870. The highest BCUT2D eigenvalue weighted by atomic mass is 16.6. The molecule has 0 aliphatic heterocycles. The SMILES string of the molecule is CC(C)(C)OC(=O)NCC1CCC(C(=O)N[C@@H](Cc2ccc(-c3cccc4[nH]ncc34)cc2)C(=O)Nc2ccc(-c3nn[nH]n3)cc2)CC1. The van der Waals surface area contributed by atoms with Crippen LogP contribution < -0.4 is 16.0 Å². The third kappa shape index (κ3) is 8.66. The van der Waals surface area contributed by atoms with Crippen LogP contribution in [0.3, 0.4) is 0 Å². The van der Waals surface area contributed by atoms with E-state index in [0.29, 0.717) is 37.3 Å². The number of rotatable bonds is 10. The molecular weight excluding hydrogens is 622 g/mol. The van der Waals surface area contributed by atoms with Gasteiger partial charge in [0.25, 0.3) is 0 Å². The second-order valence-electron chi connectivity index (χ2n) is 13.5. The quantitative estimate of drug-likeness (QED) is 0.132. The van der Waals surface area contributed by atoms with Gasteiger partial charge in [-0.2, -0.15) is 10.3 Å². The molecule has 13 nitrogen and oxygen atoms in total. The molecule has 1 fully saturated rings. The van der Waals surface area contributed by atoms with E-state index in [2.05, 4.69) is 52.8 Å². The number of hydrogen-bond acceptors (Lipinski definition) is 8. The van der Waals surface area contributed by atoms with Crippen molar-refractivity contribution in [2.45, 2.75) is 64.5 Å². The number of carbonyl (C=O) groups is 3. The van der Waals surface area contributed by atoms with Gasteiger partial charge in [-0.1, -0.05) is 36.4 Å². The zero-order valence-corrected chi connectivity index (χ0v) is 27.8. The summed E-state index contributed by atoms with van der Waals surface area (Å²) < 4.78 is 5.35. The molecule has 1 aliphatic carbocycles. The molecule has 5 aromatic rings. The largest absolute Gasteiger partial charge is 0.444 e. The molecule has 6 rings (SSSR count). The lowest BCUT2D eigenvalue weighted by Crippen LogP contribution is -2.48. The first-order valence-electron chi connectivity index (χ1n) is 16.5. The first-order valence-corrected chi connectivity index (χ1v) is 16.5. The van der Waals surface area contributed by atoms with Crippen molar-refractivity contribution < 1.29 is 19.1 Å². The number of ether oxygens (including phenoxy) is 1. The van der Waals surface area contributed by atoms with Crippen LogP contribution in [0.25, 0.3) is 33.4 Å². The van der Waals surface area contributed by atoms with Crippen molar-refractivity contribution in [1.82, 2.24) is 41.5 Å². The number of amides is 3. The lowest BCUT2D eigenvalue weighted by atomic mass is 9.81. The van der Waals surface area contributed by atoms with Gasteiger partial charge in [0.15, 0.2) is 0 Å². The van der Waals surface area contributed by atoms with Gasteiger partial charge >= 0.3 is 6.09 Å². The molecule has 0 saturated heterocycles. The van der Waals surface area contributed by atoms with Crippen molar-refractivity contribution in [3.8, 4) is 22.5 Å². The van der Waals surface area contributed by atoms with Crippen LogP contribution >= 0.6 is 0 Å². The maximum atomic E-state index is 13.7. The minimum atomic E-state index is -0.806. The van der Waals surface area contributed by atoms with Crippen LogP contribution in [0.15, 0.2) is 72.9 Å². The van der Waals surface area contributed by atoms with Crippen molar-refractivity contribution in [3.05, 3.63) is 78.5 Å². The number of H-pyrrole nitrogens is 2. The van der Waals surface area contributed by atoms with E-state index >= 15 is 0 Å². The Kier molecular flexibility index (Phi) is 9.97. The lowest BCUT2D eigenvalue weighted by Gasteiger charge is -2.29. The second kappa shape index (κ2) is 14.7. The molecule has 2 heterocycles. The second-order valence-corrected chi connectivity index (χ2v) is 13.5. The summed E-state index contributed by atoms with van der Waals surface area (Å²) in [7, 11) is 0. The van der Waals surface area contributed by atoms with Gasteiger partial charge in [0.1, 0.15) is 11.6 Å². The third-order valence-corrected chi connectivity index (χ3v) is 8.73. The highest BCUT2D eigenvalue weighted by Crippen LogP contribution is 2.30. The molecule has 0 bridgehead atoms. The predicted molar refractivity (Wildman–Crippen MR) is 185 cm³/mol. The summed E-state index contributed by atoms with van der Waals surface area (Å²) in [5.41, 5.74) is 4.73. The zero-order valence-electron chi connectivity index (χ0n) is 27.8. The maximum Gasteiger partial charge on any atom is 0.407 e. The van der Waals surface area contributed by atoms with Crippen LogP contribution in [0.1, 0.15) is 52.0 Å². The molecule has 0 radical (unpaired) electrons. The number of aromatic nitrogens is 6. The Morgan fingerprint density at radius 1 is 0.939 bits per heavy atom. The van der Waals surface area contributed by atoms with E-state index in [0.717, 1.165) is 46.0 Å². The number of anilines is 1. The van der Waals surface area contributed by atoms with Crippen LogP contribution in [0, 0.1) is 11.8 Å². The summed E-state index contributed by atoms with van der Waals surface area (Å²) in [6.07, 6.45) is 4.62. The van der Waals surface area contributed by atoms with Gasteiger partial charge in [0.05, 0.1) is 11.7 Å². The highest BCUT2D eigenvalue weighted by molar-refractivity contribution is 5.98. The standard InChI is InChI=1S/C36H41N9O4/c1-36(2,3)49-35(48)37-20-23-9-13-26(14-10-23)33(46)40-31(34(47)39-27-17-15-25(16-18-27)32-42-44-45-43-32)19-22-7-11-24(12-8-22)28-5-4-6-30-29(28)21-38-41-30/h4-8,11-12,15-18,21,23,26,31H,9-10,13-14,19-20H2,1-3H3,(H,37,48)(H,38,41)(H,39,47)(H,40,46)(H,42,43,44,45)/t23?,26?,31-/m0/s1. The van der Waals surface area contributed by atoms with Crippen LogP contribution in [0.4, 0.5) is 10.5 Å². The minimum absolute atomic E-state index is 0.144. The lowest BCUT2D eigenvalue weighted by molar-refractivity contribution is -0.130. The van der Waals surface area contributed by atoms with Crippen LogP contribution in [-0.4, -0.2) is 66.9 Å². The van der Waals surface area contributed by atoms with E-state index in [9.17, 15) is 14.4 Å². The number of carbonyl (C=O) groups excluding carboxylic acids is 3. The smallest absolute Gasteiger partial charge is 0.407 e. The summed E-state index contributed by atoms with van der Waals surface area (Å²) >= 11 is 0. The van der Waals surface area contributed by atoms with E-state index in [1.165, 1.54) is 0 Å². The molecule has 1 atom stereocenters. The Labute approximate surface area is 284 Å². The molecule has 1 saturated carbocycles. The van der Waals surface area contributed by atoms with E-state index in [-0.39, 0.29) is 23.7 Å². The summed E-state index contributed by atoms with van der Waals surface area (Å²) in [6.45, 7) is 5.99. The first kappa shape index (κ1) is 33.3. The van der Waals surface area contributed by atoms with E-state index in [4.69, 9.17) is 4.74 Å². The highest BCUT2D eigenvalue weighted by Gasteiger charge is 2.30. The monoisotopic (exact) mass is 663 g/mol. The number of hydrogen-bond donors (Lipinski definition) is 5. The minimum Gasteiger partial charge on any atom is -0.444 e. The summed E-state index contributed by atoms with van der Waals surface area (Å²) in [4.78, 5) is 39.4. The number of nitrogens with zero attached hydrogens (tertiary/aromatic N) is 4. The molecular formula is C36H41N9O4. The number of nitrogens with one attached hydrogen (secondary N) is 5. The van der Waals surface area contributed by atoms with Crippen LogP contribution in [-0.2, 0) is 20.7 Å². The Balaban J connectivity index is 1.11. The van der Waals surface area contributed by atoms with Crippen LogP contribution in [0.2, 0.25) is 0 Å². The molecule has 0 unspecified atom stereocenters.